The lowest BCUT2D eigenvalue weighted by molar-refractivity contribution is -0.280. The van der Waals surface area contributed by atoms with Crippen LogP contribution in [0.4, 0.5) is 0 Å². The Kier molecular flexibility index (Phi) is 4.41. The maximum Gasteiger partial charge on any atom is 0.472 e. The second kappa shape index (κ2) is 5.05. The van der Waals surface area contributed by atoms with Crippen molar-refractivity contribution < 1.29 is 44.0 Å². The van der Waals surface area contributed by atoms with Crippen molar-refractivity contribution >= 4 is 7.82 Å². The van der Waals surface area contributed by atoms with Gasteiger partial charge in [-0.25, -0.2) is 4.57 Å². The van der Waals surface area contributed by atoms with Gasteiger partial charge in [-0.15, -0.1) is 0 Å². The summed E-state index contributed by atoms with van der Waals surface area (Å²) >= 11 is 0. The Labute approximate surface area is 90.1 Å². The molecule has 9 nitrogen and oxygen atoms in total. The molecule has 96 valence electrons. The SMILES string of the molecule is O=P(O)(O)OC1OC(CO)[C@H](O)[C@@H](O)[C@H]1O. The van der Waals surface area contributed by atoms with E-state index in [1.165, 1.54) is 0 Å². The molecule has 0 aromatic rings. The van der Waals surface area contributed by atoms with Gasteiger partial charge in [-0.1, -0.05) is 0 Å². The fourth-order valence-corrected chi connectivity index (χ4v) is 1.73. The lowest BCUT2D eigenvalue weighted by atomic mass is 10.00. The number of aliphatic hydroxyl groups is 4. The van der Waals surface area contributed by atoms with Gasteiger partial charge in [0.2, 0.25) is 0 Å². The third kappa shape index (κ3) is 3.20. The van der Waals surface area contributed by atoms with Gasteiger partial charge in [0.15, 0.2) is 6.29 Å². The molecule has 16 heavy (non-hydrogen) atoms. The number of rotatable bonds is 3. The summed E-state index contributed by atoms with van der Waals surface area (Å²) in [7, 11) is -4.91. The molecule has 1 fully saturated rings. The summed E-state index contributed by atoms with van der Waals surface area (Å²) in [5.41, 5.74) is 0. The normalized spacial score (nSPS) is 41.0. The lowest BCUT2D eigenvalue weighted by Crippen LogP contribution is -2.58. The molecule has 10 heteroatoms. The number of phosphoric acid groups is 1. The molecule has 1 rings (SSSR count). The van der Waals surface area contributed by atoms with Crippen molar-refractivity contribution in [1.29, 1.82) is 0 Å². The van der Waals surface area contributed by atoms with Gasteiger partial charge in [0.25, 0.3) is 0 Å². The Balaban J connectivity index is 2.75. The highest BCUT2D eigenvalue weighted by Gasteiger charge is 2.46. The molecule has 0 amide bonds. The van der Waals surface area contributed by atoms with Crippen molar-refractivity contribution in [3.63, 3.8) is 0 Å². The minimum Gasteiger partial charge on any atom is -0.394 e. The van der Waals surface area contributed by atoms with E-state index in [9.17, 15) is 19.9 Å². The Bertz CT molecular complexity index is 275. The largest absolute Gasteiger partial charge is 0.472 e. The minimum atomic E-state index is -4.91. The molecule has 1 aliphatic rings. The highest BCUT2D eigenvalue weighted by molar-refractivity contribution is 7.46. The van der Waals surface area contributed by atoms with Gasteiger partial charge in [0.05, 0.1) is 6.61 Å². The third-order valence-electron chi connectivity index (χ3n) is 2.09. The summed E-state index contributed by atoms with van der Waals surface area (Å²) in [6.07, 6.45) is -8.25. The average molecular weight is 260 g/mol. The van der Waals surface area contributed by atoms with E-state index < -0.39 is 45.1 Å². The maximum atomic E-state index is 10.5. The molecule has 6 N–H and O–H groups in total. The van der Waals surface area contributed by atoms with E-state index in [4.69, 9.17) is 14.9 Å². The van der Waals surface area contributed by atoms with Crippen molar-refractivity contribution in [2.24, 2.45) is 0 Å². The quantitative estimate of drug-likeness (QED) is 0.289. The topological polar surface area (TPSA) is 157 Å². The fourth-order valence-electron chi connectivity index (χ4n) is 1.29. The van der Waals surface area contributed by atoms with Crippen LogP contribution in [0.2, 0.25) is 0 Å². The van der Waals surface area contributed by atoms with Gasteiger partial charge >= 0.3 is 7.82 Å². The highest BCUT2D eigenvalue weighted by Crippen LogP contribution is 2.40. The molecule has 1 saturated heterocycles. The molecule has 0 aromatic heterocycles. The first-order chi connectivity index (χ1) is 7.26. The maximum absolute atomic E-state index is 10.5. The zero-order valence-corrected chi connectivity index (χ0v) is 8.84. The van der Waals surface area contributed by atoms with Crippen molar-refractivity contribution in [2.75, 3.05) is 6.61 Å². The zero-order chi connectivity index (χ0) is 12.5. The van der Waals surface area contributed by atoms with Crippen LogP contribution >= 0.6 is 7.82 Å². The number of ether oxygens (including phenoxy) is 1. The number of phosphoric ester groups is 1. The molecule has 5 atom stereocenters. The van der Waals surface area contributed by atoms with Gasteiger partial charge in [-0.05, 0) is 0 Å². The van der Waals surface area contributed by atoms with Gasteiger partial charge < -0.3 is 34.9 Å². The molecule has 0 aliphatic carbocycles. The predicted octanol–water partition coefficient (Wildman–Crippen LogP) is -3.10. The van der Waals surface area contributed by atoms with Crippen molar-refractivity contribution in [3.05, 3.63) is 0 Å². The van der Waals surface area contributed by atoms with E-state index in [2.05, 4.69) is 9.26 Å². The second-order valence-corrected chi connectivity index (χ2v) is 4.49. The van der Waals surface area contributed by atoms with E-state index in [0.29, 0.717) is 0 Å². The fraction of sp³-hybridized carbons (Fsp3) is 1.00. The van der Waals surface area contributed by atoms with Crippen LogP contribution in [0.15, 0.2) is 0 Å². The van der Waals surface area contributed by atoms with Gasteiger partial charge in [0, 0.05) is 0 Å². The van der Waals surface area contributed by atoms with Crippen LogP contribution in [0.1, 0.15) is 0 Å². The molecule has 0 radical (unpaired) electrons. The molecule has 0 bridgehead atoms. The number of aliphatic hydroxyl groups excluding tert-OH is 4. The highest BCUT2D eigenvalue weighted by atomic mass is 31.2. The van der Waals surface area contributed by atoms with E-state index >= 15 is 0 Å². The summed E-state index contributed by atoms with van der Waals surface area (Å²) < 4.78 is 19.2. The molecule has 2 unspecified atom stereocenters. The van der Waals surface area contributed by atoms with E-state index in [-0.39, 0.29) is 0 Å². The average Bonchev–Trinajstić information content (AvgIpc) is 2.17. The monoisotopic (exact) mass is 260 g/mol. The Morgan fingerprint density at radius 2 is 1.69 bits per heavy atom. The van der Waals surface area contributed by atoms with Crippen molar-refractivity contribution in [1.82, 2.24) is 0 Å². The molecule has 0 saturated carbocycles. The standard InChI is InChI=1S/C6H13O9P/c7-1-2-3(8)4(9)5(10)6(14-2)15-16(11,12)13/h2-10H,1H2,(H2,11,12,13)/t2?,3-,4+,5+,6?/m0/s1. The second-order valence-electron chi connectivity index (χ2n) is 3.29. The summed E-state index contributed by atoms with van der Waals surface area (Å²) in [5.74, 6) is 0. The summed E-state index contributed by atoms with van der Waals surface area (Å²) in [4.78, 5) is 17.0. The van der Waals surface area contributed by atoms with E-state index in [1.54, 1.807) is 0 Å². The lowest BCUT2D eigenvalue weighted by Gasteiger charge is -2.39. The Morgan fingerprint density at radius 1 is 1.12 bits per heavy atom. The van der Waals surface area contributed by atoms with E-state index in [0.717, 1.165) is 0 Å². The molecule has 0 aromatic carbocycles. The van der Waals surface area contributed by atoms with Crippen LogP contribution in [-0.4, -0.2) is 67.5 Å². The minimum absolute atomic E-state index is 0.702. The smallest absolute Gasteiger partial charge is 0.394 e. The van der Waals surface area contributed by atoms with E-state index in [1.807, 2.05) is 0 Å². The number of hydrogen-bond acceptors (Lipinski definition) is 7. The summed E-state index contributed by atoms with van der Waals surface area (Å²) in [6, 6.07) is 0. The van der Waals surface area contributed by atoms with Crippen LogP contribution in [-0.2, 0) is 13.8 Å². The predicted molar refractivity (Wildman–Crippen MR) is 46.9 cm³/mol. The van der Waals surface area contributed by atoms with Crippen LogP contribution in [0, 0.1) is 0 Å². The van der Waals surface area contributed by atoms with Crippen molar-refractivity contribution in [2.45, 2.75) is 30.7 Å². The van der Waals surface area contributed by atoms with Gasteiger partial charge in [-0.2, -0.15) is 0 Å². The molecular formula is C6H13O9P. The first-order valence-corrected chi connectivity index (χ1v) is 5.83. The zero-order valence-electron chi connectivity index (χ0n) is 7.95. The molecular weight excluding hydrogens is 247 g/mol. The van der Waals surface area contributed by atoms with Crippen LogP contribution in [0.25, 0.3) is 0 Å². The third-order valence-corrected chi connectivity index (χ3v) is 2.57. The first-order valence-electron chi connectivity index (χ1n) is 4.30. The summed E-state index contributed by atoms with van der Waals surface area (Å²) in [5, 5.41) is 36.6. The summed E-state index contributed by atoms with van der Waals surface area (Å²) in [6.45, 7) is -0.702. The molecule has 1 aliphatic heterocycles. The number of hydrogen-bond donors (Lipinski definition) is 6. The van der Waals surface area contributed by atoms with Gasteiger partial charge in [0.1, 0.15) is 24.4 Å². The Morgan fingerprint density at radius 3 is 2.12 bits per heavy atom. The van der Waals surface area contributed by atoms with Crippen molar-refractivity contribution in [3.8, 4) is 0 Å². The van der Waals surface area contributed by atoms with Gasteiger partial charge in [-0.3, -0.25) is 4.52 Å². The van der Waals surface area contributed by atoms with Crippen LogP contribution in [0.5, 0.6) is 0 Å². The van der Waals surface area contributed by atoms with Crippen LogP contribution < -0.4 is 0 Å². The molecule has 0 spiro atoms. The Hall–Kier alpha value is -0.0900. The van der Waals surface area contributed by atoms with Crippen LogP contribution in [0.3, 0.4) is 0 Å². The molecule has 1 heterocycles. The first kappa shape index (κ1) is 14.0.